The lowest BCUT2D eigenvalue weighted by molar-refractivity contribution is 0.364. The molecule has 15 heavy (non-hydrogen) atoms. The van der Waals surface area contributed by atoms with Crippen LogP contribution in [-0.2, 0) is 0 Å². The second-order valence-corrected chi connectivity index (χ2v) is 4.99. The quantitative estimate of drug-likeness (QED) is 0.483. The van der Waals surface area contributed by atoms with Crippen molar-refractivity contribution in [2.45, 2.75) is 4.90 Å². The van der Waals surface area contributed by atoms with Crippen LogP contribution in [0.4, 0.5) is 25.1 Å². The van der Waals surface area contributed by atoms with Crippen molar-refractivity contribution in [3.05, 3.63) is 24.3 Å². The van der Waals surface area contributed by atoms with Crippen LogP contribution < -0.4 is 11.3 Å². The highest BCUT2D eigenvalue weighted by Crippen LogP contribution is 3.02. The summed E-state index contributed by atoms with van der Waals surface area (Å²) in [6, 6.07) is 3.15. The number of benzene rings is 1. The van der Waals surface area contributed by atoms with E-state index in [0.717, 1.165) is 12.1 Å². The van der Waals surface area contributed by atoms with Gasteiger partial charge in [0.25, 0.3) is 0 Å². The summed E-state index contributed by atoms with van der Waals surface area (Å²) in [5.74, 6) is 4.70. The molecule has 2 nitrogen and oxygen atoms in total. The van der Waals surface area contributed by atoms with E-state index in [4.69, 9.17) is 5.84 Å². The molecule has 0 aromatic heterocycles. The number of nitrogens with two attached hydrogens (primary N) is 1. The molecule has 0 aliphatic rings. The Morgan fingerprint density at radius 1 is 1.00 bits per heavy atom. The fourth-order valence-electron chi connectivity index (χ4n) is 0.922. The van der Waals surface area contributed by atoms with Gasteiger partial charge in [-0.25, -0.2) is 0 Å². The van der Waals surface area contributed by atoms with Gasteiger partial charge in [-0.15, -0.1) is 12.4 Å². The highest BCUT2D eigenvalue weighted by molar-refractivity contribution is 8.45. The Hall–Kier alpha value is -0.730. The van der Waals surface area contributed by atoms with E-state index in [-0.39, 0.29) is 18.5 Å². The average Bonchev–Trinajstić information content (AvgIpc) is 2.00. The summed E-state index contributed by atoms with van der Waals surface area (Å²) in [7, 11) is -9.64. The van der Waals surface area contributed by atoms with Crippen molar-refractivity contribution in [2.24, 2.45) is 5.84 Å². The third kappa shape index (κ3) is 3.40. The first-order valence-electron chi connectivity index (χ1n) is 3.34. The molecule has 0 saturated heterocycles. The van der Waals surface area contributed by atoms with Gasteiger partial charge in [-0.3, -0.25) is 5.84 Å². The maximum absolute atomic E-state index is 12.3. The number of anilines is 1. The molecule has 90 valence electrons. The fourth-order valence-corrected chi connectivity index (χ4v) is 1.80. The molecule has 0 saturated carbocycles. The zero-order valence-corrected chi connectivity index (χ0v) is 8.73. The van der Waals surface area contributed by atoms with Gasteiger partial charge in [0.1, 0.15) is 4.90 Å². The molecule has 0 amide bonds. The van der Waals surface area contributed by atoms with Gasteiger partial charge >= 0.3 is 10.2 Å². The third-order valence-corrected chi connectivity index (χ3v) is 2.65. The van der Waals surface area contributed by atoms with Crippen molar-refractivity contribution < 1.29 is 19.4 Å². The number of hydrogen-bond acceptors (Lipinski definition) is 2. The van der Waals surface area contributed by atoms with E-state index in [1.165, 1.54) is 6.07 Å². The molecule has 1 aromatic rings. The Labute approximate surface area is 88.7 Å². The molecule has 1 rings (SSSR count). The van der Waals surface area contributed by atoms with Crippen molar-refractivity contribution in [2.75, 3.05) is 5.43 Å². The summed E-state index contributed by atoms with van der Waals surface area (Å²) in [4.78, 5) is -2.00. The molecule has 1 aromatic carbocycles. The Morgan fingerprint density at radius 3 is 1.80 bits per heavy atom. The van der Waals surface area contributed by atoms with Crippen molar-refractivity contribution >= 4 is 28.3 Å². The standard InChI is InChI=1S/C6H7F5N2S.ClH/c7-14(8,9,10,11)6-4-2-1-3-5(6)13-12;/h1-4,13H,12H2;1H. The smallest absolute Gasteiger partial charge is 0.312 e. The molecular weight excluding hydrogens is 263 g/mol. The first-order valence-corrected chi connectivity index (χ1v) is 5.29. The van der Waals surface area contributed by atoms with Crippen molar-refractivity contribution in [1.29, 1.82) is 0 Å². The van der Waals surface area contributed by atoms with Crippen LogP contribution in [0.1, 0.15) is 0 Å². The number of hydrazine groups is 1. The number of hydrogen-bond donors (Lipinski definition) is 2. The monoisotopic (exact) mass is 270 g/mol. The van der Waals surface area contributed by atoms with Crippen LogP contribution in [0.2, 0.25) is 0 Å². The summed E-state index contributed by atoms with van der Waals surface area (Å²) < 4.78 is 61.5. The van der Waals surface area contributed by atoms with E-state index in [1.54, 1.807) is 5.43 Å². The molecule has 0 aliphatic carbocycles. The maximum Gasteiger partial charge on any atom is 0.312 e. The second kappa shape index (κ2) is 3.13. The number of rotatable bonds is 2. The zero-order valence-electron chi connectivity index (χ0n) is 7.09. The van der Waals surface area contributed by atoms with E-state index >= 15 is 0 Å². The lowest BCUT2D eigenvalue weighted by Gasteiger charge is -2.41. The molecule has 0 unspecified atom stereocenters. The van der Waals surface area contributed by atoms with E-state index in [2.05, 4.69) is 0 Å². The topological polar surface area (TPSA) is 38.0 Å². The molecule has 3 N–H and O–H groups in total. The van der Waals surface area contributed by atoms with Crippen LogP contribution in [-0.4, -0.2) is 0 Å². The van der Waals surface area contributed by atoms with Crippen molar-refractivity contribution in [3.8, 4) is 0 Å². The van der Waals surface area contributed by atoms with Crippen molar-refractivity contribution in [1.82, 2.24) is 0 Å². The number of nitrogen functional groups attached to an aromatic ring is 1. The van der Waals surface area contributed by atoms with Crippen LogP contribution in [0.25, 0.3) is 0 Å². The SMILES string of the molecule is Cl.NNc1ccccc1S(F)(F)(F)(F)F. The summed E-state index contributed by atoms with van der Waals surface area (Å²) in [5, 5.41) is 0. The molecule has 0 bridgehead atoms. The van der Waals surface area contributed by atoms with Gasteiger partial charge < -0.3 is 5.43 Å². The zero-order chi connectivity index (χ0) is 11.1. The fraction of sp³-hybridized carbons (Fsp3) is 0. The summed E-state index contributed by atoms with van der Waals surface area (Å²) in [6.45, 7) is 0. The summed E-state index contributed by atoms with van der Waals surface area (Å²) >= 11 is 0. The second-order valence-electron chi connectivity index (χ2n) is 2.61. The number of halogens is 6. The highest BCUT2D eigenvalue weighted by Gasteiger charge is 2.66. The van der Waals surface area contributed by atoms with E-state index in [1.807, 2.05) is 0 Å². The maximum atomic E-state index is 12.3. The minimum absolute atomic E-state index is 0. The largest absolute Gasteiger partial charge is 0.323 e. The van der Waals surface area contributed by atoms with Crippen molar-refractivity contribution in [3.63, 3.8) is 0 Å². The third-order valence-electron chi connectivity index (χ3n) is 1.46. The molecule has 0 fully saturated rings. The average molecular weight is 271 g/mol. The van der Waals surface area contributed by atoms with Gasteiger partial charge in [0.15, 0.2) is 0 Å². The molecule has 0 atom stereocenters. The van der Waals surface area contributed by atoms with Gasteiger partial charge in [-0.2, -0.15) is 0 Å². The Bertz CT molecular complexity index is 364. The van der Waals surface area contributed by atoms with E-state index in [0.29, 0.717) is 0 Å². The molecule has 0 radical (unpaired) electrons. The van der Waals surface area contributed by atoms with Gasteiger partial charge in [0.2, 0.25) is 0 Å². The van der Waals surface area contributed by atoms with Gasteiger partial charge in [0.05, 0.1) is 5.69 Å². The normalized spacial score (nSPS) is 15.9. The molecule has 9 heteroatoms. The van der Waals surface area contributed by atoms with Crippen LogP contribution >= 0.6 is 22.6 Å². The molecule has 0 heterocycles. The molecular formula is C6H8ClF5N2S. The summed E-state index contributed by atoms with van der Waals surface area (Å²) in [5.41, 5.74) is 0.741. The number of para-hydroxylation sites is 1. The van der Waals surface area contributed by atoms with E-state index < -0.39 is 20.8 Å². The first-order chi connectivity index (χ1) is 6.04. The lowest BCUT2D eigenvalue weighted by Crippen LogP contribution is -2.14. The Kier molecular flexibility index (Phi) is 2.98. The Balaban J connectivity index is 0.00000196. The van der Waals surface area contributed by atoms with Gasteiger partial charge in [-0.1, -0.05) is 31.6 Å². The minimum atomic E-state index is -9.64. The van der Waals surface area contributed by atoms with Crippen LogP contribution in [0, 0.1) is 0 Å². The van der Waals surface area contributed by atoms with Crippen LogP contribution in [0.5, 0.6) is 0 Å². The van der Waals surface area contributed by atoms with Gasteiger partial charge in [-0.05, 0) is 12.1 Å². The summed E-state index contributed by atoms with van der Waals surface area (Å²) in [6.07, 6.45) is 0. The lowest BCUT2D eigenvalue weighted by atomic mass is 10.3. The Morgan fingerprint density at radius 2 is 1.47 bits per heavy atom. The minimum Gasteiger partial charge on any atom is -0.323 e. The predicted octanol–water partition coefficient (Wildman–Crippen LogP) is 4.05. The van der Waals surface area contributed by atoms with E-state index in [9.17, 15) is 19.4 Å². The van der Waals surface area contributed by atoms with Gasteiger partial charge in [0, 0.05) is 0 Å². The predicted molar refractivity (Wildman–Crippen MR) is 52.9 cm³/mol. The molecule has 0 spiro atoms. The number of nitrogens with one attached hydrogen (secondary N) is 1. The van der Waals surface area contributed by atoms with Crippen LogP contribution in [0.15, 0.2) is 29.2 Å². The highest BCUT2D eigenvalue weighted by atomic mass is 35.5. The first kappa shape index (κ1) is 14.3. The van der Waals surface area contributed by atoms with Crippen LogP contribution in [0.3, 0.4) is 0 Å². The molecule has 0 aliphatic heterocycles.